The molecular weight excluding hydrogens is 428 g/mol. The number of hydrogen-bond donors (Lipinski definition) is 7. The summed E-state index contributed by atoms with van der Waals surface area (Å²) in [6, 6.07) is -5.57. The average Bonchev–Trinajstić information content (AvgIpc) is 2.62. The van der Waals surface area contributed by atoms with Crippen LogP contribution in [0, 0.1) is 11.8 Å². The van der Waals surface area contributed by atoms with Crippen molar-refractivity contribution in [3.05, 3.63) is 0 Å². The van der Waals surface area contributed by atoms with Crippen LogP contribution in [0.3, 0.4) is 0 Å². The fourth-order valence-corrected chi connectivity index (χ4v) is 2.70. The first-order valence-electron chi connectivity index (χ1n) is 9.98. The number of carboxylic acids is 3. The third-order valence-electron chi connectivity index (χ3n) is 4.31. The predicted molar refractivity (Wildman–Crippen MR) is 110 cm³/mol. The molecule has 0 aromatic rings. The van der Waals surface area contributed by atoms with E-state index < -0.39 is 78.6 Å². The number of aliphatic carboxylic acids is 3. The smallest absolute Gasteiger partial charge is 0.326 e. The van der Waals surface area contributed by atoms with Crippen LogP contribution in [0.5, 0.6) is 0 Å². The maximum Gasteiger partial charge on any atom is 0.326 e. The van der Waals surface area contributed by atoms with Crippen LogP contribution in [0.25, 0.3) is 0 Å². The summed E-state index contributed by atoms with van der Waals surface area (Å²) in [5.41, 5.74) is 5.82. The predicted octanol–water partition coefficient (Wildman–Crippen LogP) is -1.50. The number of rotatable bonds is 14. The molecule has 0 rings (SSSR count). The molecule has 0 aliphatic rings. The molecule has 0 spiro atoms. The van der Waals surface area contributed by atoms with Crippen molar-refractivity contribution in [3.8, 4) is 0 Å². The van der Waals surface area contributed by atoms with Gasteiger partial charge in [0.05, 0.1) is 18.9 Å². The van der Waals surface area contributed by atoms with Crippen molar-refractivity contribution in [3.63, 3.8) is 0 Å². The van der Waals surface area contributed by atoms with Crippen molar-refractivity contribution in [1.29, 1.82) is 0 Å². The van der Waals surface area contributed by atoms with Crippen LogP contribution >= 0.6 is 0 Å². The maximum atomic E-state index is 12.7. The Morgan fingerprint density at radius 3 is 1.59 bits per heavy atom. The second kappa shape index (κ2) is 13.2. The Labute approximate surface area is 185 Å². The molecule has 0 bridgehead atoms. The quantitative estimate of drug-likeness (QED) is 0.159. The summed E-state index contributed by atoms with van der Waals surface area (Å²) in [6.45, 7) is 6.95. The first-order chi connectivity index (χ1) is 14.6. The Hall–Kier alpha value is -3.22. The summed E-state index contributed by atoms with van der Waals surface area (Å²) in [5, 5.41) is 33.4. The highest BCUT2D eigenvalue weighted by molar-refractivity contribution is 5.96. The highest BCUT2D eigenvalue weighted by atomic mass is 16.4. The van der Waals surface area contributed by atoms with Crippen molar-refractivity contribution in [1.82, 2.24) is 16.0 Å². The number of nitrogens with one attached hydrogen (secondary N) is 3. The van der Waals surface area contributed by atoms with Gasteiger partial charge in [0.25, 0.3) is 0 Å². The van der Waals surface area contributed by atoms with E-state index in [2.05, 4.69) is 10.6 Å². The van der Waals surface area contributed by atoms with Gasteiger partial charge in [-0.05, 0) is 18.3 Å². The maximum absolute atomic E-state index is 12.7. The van der Waals surface area contributed by atoms with Crippen molar-refractivity contribution < 1.29 is 44.1 Å². The van der Waals surface area contributed by atoms with Gasteiger partial charge in [0, 0.05) is 0 Å². The number of carbonyl (C=O) groups excluding carboxylic acids is 3. The Morgan fingerprint density at radius 2 is 1.19 bits per heavy atom. The van der Waals surface area contributed by atoms with E-state index in [-0.39, 0.29) is 5.92 Å². The molecule has 32 heavy (non-hydrogen) atoms. The molecule has 0 aliphatic heterocycles. The van der Waals surface area contributed by atoms with E-state index in [0.29, 0.717) is 6.42 Å². The molecule has 0 aliphatic carbocycles. The Morgan fingerprint density at radius 1 is 0.719 bits per heavy atom. The number of nitrogens with two attached hydrogens (primary N) is 1. The van der Waals surface area contributed by atoms with Gasteiger partial charge in [0.1, 0.15) is 18.1 Å². The van der Waals surface area contributed by atoms with Crippen LogP contribution in [-0.4, -0.2) is 75.1 Å². The molecule has 182 valence electrons. The number of carboxylic acid groups (broad SMARTS) is 3. The van der Waals surface area contributed by atoms with E-state index in [1.54, 1.807) is 13.8 Å². The summed E-state index contributed by atoms with van der Waals surface area (Å²) in [5.74, 6) is -7.63. The third-order valence-corrected chi connectivity index (χ3v) is 4.31. The lowest BCUT2D eigenvalue weighted by Gasteiger charge is -2.26. The summed E-state index contributed by atoms with van der Waals surface area (Å²) in [6.07, 6.45) is -1.49. The van der Waals surface area contributed by atoms with Crippen LogP contribution in [0.15, 0.2) is 0 Å². The molecule has 0 radical (unpaired) electrons. The van der Waals surface area contributed by atoms with E-state index in [1.165, 1.54) is 0 Å². The van der Waals surface area contributed by atoms with Crippen molar-refractivity contribution in [2.24, 2.45) is 17.6 Å². The Balaban J connectivity index is 5.47. The lowest BCUT2D eigenvalue weighted by molar-refractivity contribution is -0.148. The van der Waals surface area contributed by atoms with Crippen LogP contribution in [0.1, 0.15) is 47.0 Å². The molecule has 3 amide bonds. The minimum atomic E-state index is -1.83. The summed E-state index contributed by atoms with van der Waals surface area (Å²) >= 11 is 0. The Bertz CT molecular complexity index is 724. The summed E-state index contributed by atoms with van der Waals surface area (Å²) in [7, 11) is 0. The van der Waals surface area contributed by atoms with Gasteiger partial charge in [0.15, 0.2) is 0 Å². The zero-order valence-electron chi connectivity index (χ0n) is 18.5. The fraction of sp³-hybridized carbons (Fsp3) is 0.684. The topological polar surface area (TPSA) is 225 Å². The molecule has 4 atom stereocenters. The van der Waals surface area contributed by atoms with Gasteiger partial charge in [-0.25, -0.2) is 4.79 Å². The lowest BCUT2D eigenvalue weighted by Crippen LogP contribution is -2.58. The Kier molecular flexibility index (Phi) is 11.9. The van der Waals surface area contributed by atoms with E-state index >= 15 is 0 Å². The molecule has 13 nitrogen and oxygen atoms in total. The van der Waals surface area contributed by atoms with Gasteiger partial charge in [-0.2, -0.15) is 0 Å². The summed E-state index contributed by atoms with van der Waals surface area (Å²) in [4.78, 5) is 70.5. The highest BCUT2D eigenvalue weighted by Gasteiger charge is 2.33. The van der Waals surface area contributed by atoms with Crippen LogP contribution in [0.4, 0.5) is 0 Å². The molecule has 0 saturated heterocycles. The standard InChI is InChI=1S/C19H32N4O9/c1-8(2)5-10(20)16(28)23-15(9(3)4)18(30)21-11(6-13(24)25)17(29)22-12(19(31)32)7-14(26)27/h8-12,15H,5-7,20H2,1-4H3,(H,21,30)(H,22,29)(H,23,28)(H,24,25)(H,26,27)(H,31,32). The molecule has 0 aromatic heterocycles. The van der Waals surface area contributed by atoms with Crippen molar-refractivity contribution in [2.75, 3.05) is 0 Å². The van der Waals surface area contributed by atoms with Crippen LogP contribution < -0.4 is 21.7 Å². The van der Waals surface area contributed by atoms with Gasteiger partial charge in [0.2, 0.25) is 17.7 Å². The van der Waals surface area contributed by atoms with Gasteiger partial charge in [-0.3, -0.25) is 24.0 Å². The van der Waals surface area contributed by atoms with E-state index in [4.69, 9.17) is 21.1 Å². The normalized spacial score (nSPS) is 14.7. The molecule has 0 aromatic carbocycles. The van der Waals surface area contributed by atoms with E-state index in [0.717, 1.165) is 0 Å². The number of carbonyl (C=O) groups is 6. The number of amides is 3. The largest absolute Gasteiger partial charge is 0.481 e. The second-order valence-electron chi connectivity index (χ2n) is 8.12. The minimum absolute atomic E-state index is 0.124. The van der Waals surface area contributed by atoms with Crippen LogP contribution in [0.2, 0.25) is 0 Å². The first-order valence-corrected chi connectivity index (χ1v) is 9.98. The average molecular weight is 460 g/mol. The van der Waals surface area contributed by atoms with E-state index in [1.807, 2.05) is 19.2 Å². The van der Waals surface area contributed by atoms with Crippen LogP contribution in [-0.2, 0) is 28.8 Å². The second-order valence-corrected chi connectivity index (χ2v) is 8.12. The first kappa shape index (κ1) is 28.8. The van der Waals surface area contributed by atoms with Gasteiger partial charge < -0.3 is 37.0 Å². The van der Waals surface area contributed by atoms with E-state index in [9.17, 15) is 28.8 Å². The molecule has 13 heteroatoms. The highest BCUT2D eigenvalue weighted by Crippen LogP contribution is 2.07. The molecule has 8 N–H and O–H groups in total. The number of hydrogen-bond acceptors (Lipinski definition) is 7. The summed E-state index contributed by atoms with van der Waals surface area (Å²) < 4.78 is 0. The molecular formula is C19H32N4O9. The molecule has 0 heterocycles. The monoisotopic (exact) mass is 460 g/mol. The molecule has 4 unspecified atom stereocenters. The van der Waals surface area contributed by atoms with Gasteiger partial charge >= 0.3 is 17.9 Å². The zero-order chi connectivity index (χ0) is 25.2. The minimum Gasteiger partial charge on any atom is -0.481 e. The van der Waals surface area contributed by atoms with Crippen molar-refractivity contribution >= 4 is 35.6 Å². The SMILES string of the molecule is CC(C)CC(N)C(=O)NC(C(=O)NC(CC(=O)O)C(=O)NC(CC(=O)O)C(=O)O)C(C)C. The third kappa shape index (κ3) is 10.7. The van der Waals surface area contributed by atoms with Gasteiger partial charge in [-0.1, -0.05) is 27.7 Å². The van der Waals surface area contributed by atoms with Crippen molar-refractivity contribution in [2.45, 2.75) is 71.1 Å². The fourth-order valence-electron chi connectivity index (χ4n) is 2.70. The molecule has 0 saturated carbocycles. The zero-order valence-corrected chi connectivity index (χ0v) is 18.5. The molecule has 0 fully saturated rings. The lowest BCUT2D eigenvalue weighted by atomic mass is 10.00. The van der Waals surface area contributed by atoms with Gasteiger partial charge in [-0.15, -0.1) is 0 Å².